The van der Waals surface area contributed by atoms with E-state index in [1.807, 2.05) is 45.0 Å². The highest BCUT2D eigenvalue weighted by Crippen LogP contribution is 2.16. The number of carbonyl (C=O) groups excluding carboxylic acids is 1. The number of alkyl halides is 2. The first-order valence-corrected chi connectivity index (χ1v) is 9.73. The van der Waals surface area contributed by atoms with Gasteiger partial charge in [-0.15, -0.1) is 0 Å². The standard InChI is InChI=1S/C14H22N4O.C8H8F2O2/c1-9(2)8-13(19)17-10(3)11-4-6-12(7-5-11)14(15)18-16;9-8(10)12-7-3-1-2-6(4-7)5-11/h4-7,9-10H,8,16H2,1-3H3,(H2,15,18)(H,17,19);1-4,8,11H,5H2. The van der Waals surface area contributed by atoms with Gasteiger partial charge in [-0.1, -0.05) is 50.2 Å². The van der Waals surface area contributed by atoms with E-state index in [9.17, 15) is 13.6 Å². The molecule has 9 heteroatoms. The van der Waals surface area contributed by atoms with E-state index in [2.05, 4.69) is 15.2 Å². The first-order chi connectivity index (χ1) is 14.7. The fraction of sp³-hybridized carbons (Fsp3) is 0.364. The van der Waals surface area contributed by atoms with Crippen molar-refractivity contribution in [3.8, 4) is 5.75 Å². The van der Waals surface area contributed by atoms with E-state index in [0.29, 0.717) is 23.7 Å². The predicted octanol–water partition coefficient (Wildman–Crippen LogP) is 3.27. The van der Waals surface area contributed by atoms with Gasteiger partial charge in [0.1, 0.15) is 11.6 Å². The van der Waals surface area contributed by atoms with Crippen LogP contribution < -0.4 is 21.6 Å². The summed E-state index contributed by atoms with van der Waals surface area (Å²) in [6, 6.07) is 13.4. The molecule has 0 aliphatic carbocycles. The van der Waals surface area contributed by atoms with Gasteiger partial charge in [0, 0.05) is 12.0 Å². The third-order valence-corrected chi connectivity index (χ3v) is 4.12. The highest BCUT2D eigenvalue weighted by molar-refractivity contribution is 5.97. The second-order valence-electron chi connectivity index (χ2n) is 7.21. The minimum Gasteiger partial charge on any atom is -0.435 e. The quantitative estimate of drug-likeness (QED) is 0.219. The molecule has 0 fully saturated rings. The molecule has 0 heterocycles. The van der Waals surface area contributed by atoms with Crippen molar-refractivity contribution >= 4 is 11.7 Å². The third-order valence-electron chi connectivity index (χ3n) is 4.12. The SMILES string of the molecule is CC(C)CC(=O)NC(C)c1ccc(/C(N)=N/N)cc1.OCc1cccc(OC(F)F)c1. The number of aliphatic hydroxyl groups excluding tert-OH is 1. The molecule has 6 N–H and O–H groups in total. The number of aliphatic hydroxyl groups is 1. The minimum absolute atomic E-state index is 0.0312. The summed E-state index contributed by atoms with van der Waals surface area (Å²) in [7, 11) is 0. The highest BCUT2D eigenvalue weighted by Gasteiger charge is 2.11. The van der Waals surface area contributed by atoms with E-state index in [0.717, 1.165) is 11.1 Å². The van der Waals surface area contributed by atoms with Gasteiger partial charge in [0.2, 0.25) is 5.91 Å². The number of hydrogen-bond acceptors (Lipinski definition) is 5. The van der Waals surface area contributed by atoms with E-state index in [4.69, 9.17) is 16.7 Å². The van der Waals surface area contributed by atoms with Gasteiger partial charge in [0.05, 0.1) is 12.6 Å². The first-order valence-electron chi connectivity index (χ1n) is 9.73. The van der Waals surface area contributed by atoms with Crippen LogP contribution in [-0.2, 0) is 11.4 Å². The fourth-order valence-corrected chi connectivity index (χ4v) is 2.59. The lowest BCUT2D eigenvalue weighted by molar-refractivity contribution is -0.122. The van der Waals surface area contributed by atoms with Crippen LogP contribution in [0.1, 0.15) is 49.9 Å². The smallest absolute Gasteiger partial charge is 0.387 e. The summed E-state index contributed by atoms with van der Waals surface area (Å²) in [5.74, 6) is 5.90. The summed E-state index contributed by atoms with van der Waals surface area (Å²) in [6.45, 7) is 3.00. The molecule has 0 aromatic heterocycles. The van der Waals surface area contributed by atoms with E-state index in [1.54, 1.807) is 12.1 Å². The number of hydrazone groups is 1. The summed E-state index contributed by atoms with van der Waals surface area (Å²) in [5, 5.41) is 15.1. The van der Waals surface area contributed by atoms with Crippen LogP contribution in [0.15, 0.2) is 53.6 Å². The summed E-state index contributed by atoms with van der Waals surface area (Å²) in [5.41, 5.74) is 7.95. The summed E-state index contributed by atoms with van der Waals surface area (Å²) < 4.78 is 27.5. The van der Waals surface area contributed by atoms with E-state index >= 15 is 0 Å². The number of benzene rings is 2. The second kappa shape index (κ2) is 13.2. The Labute approximate surface area is 181 Å². The van der Waals surface area contributed by atoms with Crippen molar-refractivity contribution in [1.82, 2.24) is 5.32 Å². The molecule has 0 aliphatic heterocycles. The molecule has 0 saturated heterocycles. The molecule has 2 aromatic rings. The van der Waals surface area contributed by atoms with Crippen LogP contribution in [-0.4, -0.2) is 23.5 Å². The van der Waals surface area contributed by atoms with Gasteiger partial charge >= 0.3 is 6.61 Å². The van der Waals surface area contributed by atoms with Crippen LogP contribution in [0.5, 0.6) is 5.75 Å². The van der Waals surface area contributed by atoms with Crippen molar-refractivity contribution in [2.75, 3.05) is 0 Å². The lowest BCUT2D eigenvalue weighted by Gasteiger charge is -2.15. The third kappa shape index (κ3) is 9.90. The molecule has 0 spiro atoms. The largest absolute Gasteiger partial charge is 0.435 e. The number of halogens is 2. The minimum atomic E-state index is -2.82. The lowest BCUT2D eigenvalue weighted by atomic mass is 10.0. The number of nitrogens with one attached hydrogen (secondary N) is 1. The molecule has 1 amide bonds. The second-order valence-corrected chi connectivity index (χ2v) is 7.21. The monoisotopic (exact) mass is 436 g/mol. The van der Waals surface area contributed by atoms with Crippen molar-refractivity contribution in [3.05, 3.63) is 65.2 Å². The molecule has 1 unspecified atom stereocenters. The van der Waals surface area contributed by atoms with Gasteiger partial charge in [0.15, 0.2) is 0 Å². The van der Waals surface area contributed by atoms with E-state index in [-0.39, 0.29) is 24.3 Å². The molecule has 2 rings (SSSR count). The van der Waals surface area contributed by atoms with Crippen molar-refractivity contribution in [1.29, 1.82) is 0 Å². The Morgan fingerprint density at radius 1 is 1.16 bits per heavy atom. The van der Waals surface area contributed by atoms with Crippen molar-refractivity contribution < 1.29 is 23.4 Å². The van der Waals surface area contributed by atoms with Crippen LogP contribution in [0.4, 0.5) is 8.78 Å². The number of hydrogen-bond donors (Lipinski definition) is 4. The van der Waals surface area contributed by atoms with Crippen molar-refractivity contribution in [2.45, 2.75) is 46.5 Å². The summed E-state index contributed by atoms with van der Waals surface area (Å²) in [4.78, 5) is 11.7. The molecule has 170 valence electrons. The normalized spacial score (nSPS) is 12.2. The maximum atomic E-state index is 11.7. The molecular weight excluding hydrogens is 406 g/mol. The molecule has 31 heavy (non-hydrogen) atoms. The van der Waals surface area contributed by atoms with Gasteiger partial charge in [-0.25, -0.2) is 0 Å². The van der Waals surface area contributed by atoms with Crippen LogP contribution in [0.25, 0.3) is 0 Å². The number of nitrogens with zero attached hydrogens (tertiary/aromatic N) is 1. The Morgan fingerprint density at radius 3 is 2.32 bits per heavy atom. The molecule has 7 nitrogen and oxygen atoms in total. The summed E-state index contributed by atoms with van der Waals surface area (Å²) >= 11 is 0. The number of rotatable bonds is 8. The van der Waals surface area contributed by atoms with Crippen LogP contribution in [0, 0.1) is 5.92 Å². The Morgan fingerprint density at radius 2 is 1.81 bits per heavy atom. The predicted molar refractivity (Wildman–Crippen MR) is 116 cm³/mol. The maximum absolute atomic E-state index is 11.7. The topological polar surface area (TPSA) is 123 Å². The molecule has 0 saturated carbocycles. The van der Waals surface area contributed by atoms with E-state index in [1.165, 1.54) is 12.1 Å². The highest BCUT2D eigenvalue weighted by atomic mass is 19.3. The maximum Gasteiger partial charge on any atom is 0.387 e. The molecular formula is C22H30F2N4O3. The number of ether oxygens (including phenoxy) is 1. The molecule has 2 aromatic carbocycles. The van der Waals surface area contributed by atoms with Gasteiger partial charge < -0.3 is 26.7 Å². The van der Waals surface area contributed by atoms with E-state index < -0.39 is 6.61 Å². The number of amidine groups is 1. The van der Waals surface area contributed by atoms with Gasteiger partial charge in [-0.2, -0.15) is 13.9 Å². The Bertz CT molecular complexity index is 843. The number of carbonyl (C=O) groups is 1. The zero-order chi connectivity index (χ0) is 23.4. The zero-order valence-electron chi connectivity index (χ0n) is 17.9. The van der Waals surface area contributed by atoms with Crippen LogP contribution in [0.3, 0.4) is 0 Å². The Balaban J connectivity index is 0.000000343. The summed E-state index contributed by atoms with van der Waals surface area (Å²) in [6.07, 6.45) is 0.537. The van der Waals surface area contributed by atoms with Crippen molar-refractivity contribution in [2.24, 2.45) is 22.6 Å². The fourth-order valence-electron chi connectivity index (χ4n) is 2.59. The average Bonchev–Trinajstić information content (AvgIpc) is 2.72. The van der Waals surface area contributed by atoms with Gasteiger partial charge in [-0.3, -0.25) is 4.79 Å². The molecule has 1 atom stereocenters. The zero-order valence-corrected chi connectivity index (χ0v) is 17.9. The van der Waals surface area contributed by atoms with Crippen LogP contribution >= 0.6 is 0 Å². The molecule has 0 radical (unpaired) electrons. The van der Waals surface area contributed by atoms with Gasteiger partial charge in [0.25, 0.3) is 0 Å². The Kier molecular flexibility index (Phi) is 11.0. The van der Waals surface area contributed by atoms with Gasteiger partial charge in [-0.05, 0) is 36.1 Å². The first kappa shape index (κ1) is 25.8. The molecule has 0 bridgehead atoms. The lowest BCUT2D eigenvalue weighted by Crippen LogP contribution is -2.27. The van der Waals surface area contributed by atoms with Crippen molar-refractivity contribution in [3.63, 3.8) is 0 Å². The van der Waals surface area contributed by atoms with Crippen LogP contribution in [0.2, 0.25) is 0 Å². The molecule has 0 aliphatic rings. The number of amides is 1. The Hall–Kier alpha value is -3.20. The average molecular weight is 437 g/mol. The number of nitrogens with two attached hydrogens (primary N) is 2.